The number of carbonyl (C=O) groups excluding carboxylic acids is 1. The Kier molecular flexibility index (Phi) is 4.64. The van der Waals surface area contributed by atoms with Gasteiger partial charge in [0.2, 0.25) is 5.13 Å². The Bertz CT molecular complexity index is 970. The maximum absolute atomic E-state index is 12.8. The first-order valence-electron chi connectivity index (χ1n) is 8.85. The zero-order valence-corrected chi connectivity index (χ0v) is 15.8. The predicted molar refractivity (Wildman–Crippen MR) is 96.8 cm³/mol. The number of piperidine rings is 1. The van der Waals surface area contributed by atoms with E-state index in [0.717, 1.165) is 28.8 Å². The van der Waals surface area contributed by atoms with Crippen LogP contribution < -0.4 is 15.8 Å². The molecule has 0 radical (unpaired) electrons. The minimum atomic E-state index is -4.52. The highest BCUT2D eigenvalue weighted by molar-refractivity contribution is 7.15. The fraction of sp³-hybridized carbons (Fsp3) is 0.529. The average Bonchev–Trinajstić information content (AvgIpc) is 3.06. The van der Waals surface area contributed by atoms with E-state index in [0.29, 0.717) is 13.1 Å². The minimum absolute atomic E-state index is 0.0942. The van der Waals surface area contributed by atoms with Gasteiger partial charge in [0, 0.05) is 31.2 Å². The number of anilines is 1. The summed E-state index contributed by atoms with van der Waals surface area (Å²) in [6.45, 7) is 2.27. The van der Waals surface area contributed by atoms with Gasteiger partial charge in [-0.3, -0.25) is 9.59 Å². The number of carbonyl (C=O) groups is 1. The summed E-state index contributed by atoms with van der Waals surface area (Å²) in [6, 6.07) is 3.01. The lowest BCUT2D eigenvalue weighted by Gasteiger charge is -2.42. The number of hydrogen-bond acceptors (Lipinski definition) is 6. The van der Waals surface area contributed by atoms with Crippen molar-refractivity contribution < 1.29 is 18.0 Å². The molecule has 1 amide bonds. The second-order valence-corrected chi connectivity index (χ2v) is 8.35. The molecule has 0 spiro atoms. The number of nitrogens with zero attached hydrogens (tertiary/aromatic N) is 4. The molecule has 2 aromatic heterocycles. The molecule has 2 aromatic rings. The summed E-state index contributed by atoms with van der Waals surface area (Å²) in [5, 5.41) is 11.8. The van der Waals surface area contributed by atoms with E-state index in [9.17, 15) is 22.8 Å². The lowest BCUT2D eigenvalue weighted by Crippen LogP contribution is -2.48. The minimum Gasteiger partial charge on any atom is -0.346 e. The quantitative estimate of drug-likeness (QED) is 0.832. The highest BCUT2D eigenvalue weighted by atomic mass is 32.1. The molecule has 2 atom stereocenters. The van der Waals surface area contributed by atoms with E-state index in [1.807, 2.05) is 6.92 Å². The standard InChI is InChI=1S/C17H18F3N5O2S/c1-9-22-23-16(28-9)24-5-10-4-11(7-24)13-3-2-12(15(27)25(13)6-10)14(26)21-8-17(18,19)20/h2-3,10-11H,4-8H2,1H3,(H,21,26)/t10-,11+/m0/s1. The molecular weight excluding hydrogens is 395 g/mol. The molecule has 0 aromatic carbocycles. The van der Waals surface area contributed by atoms with Crippen LogP contribution in [0.2, 0.25) is 0 Å². The SMILES string of the molecule is Cc1nnc(N2C[C@@H]3C[C@H](C2)c2ccc(C(=O)NCC(F)(F)F)c(=O)n2C3)s1. The average molecular weight is 413 g/mol. The molecule has 0 aliphatic carbocycles. The van der Waals surface area contributed by atoms with Gasteiger partial charge in [-0.05, 0) is 31.4 Å². The lowest BCUT2D eigenvalue weighted by molar-refractivity contribution is -0.123. The van der Waals surface area contributed by atoms with E-state index in [1.54, 1.807) is 16.0 Å². The van der Waals surface area contributed by atoms with Crippen molar-refractivity contribution in [1.29, 1.82) is 0 Å². The van der Waals surface area contributed by atoms with Crippen molar-refractivity contribution in [1.82, 2.24) is 20.1 Å². The van der Waals surface area contributed by atoms with Gasteiger partial charge in [-0.15, -0.1) is 10.2 Å². The first-order chi connectivity index (χ1) is 13.2. The molecule has 1 N–H and O–H groups in total. The lowest BCUT2D eigenvalue weighted by atomic mass is 9.83. The monoisotopic (exact) mass is 413 g/mol. The first kappa shape index (κ1) is 18.9. The number of rotatable bonds is 3. The molecule has 0 unspecified atom stereocenters. The topological polar surface area (TPSA) is 80.1 Å². The van der Waals surface area contributed by atoms with Gasteiger partial charge in [0.1, 0.15) is 17.1 Å². The fourth-order valence-electron chi connectivity index (χ4n) is 3.96. The molecule has 7 nitrogen and oxygen atoms in total. The molecule has 28 heavy (non-hydrogen) atoms. The van der Waals surface area contributed by atoms with Crippen LogP contribution in [0, 0.1) is 12.8 Å². The Labute approximate surface area is 162 Å². The van der Waals surface area contributed by atoms with Gasteiger partial charge in [-0.1, -0.05) is 11.3 Å². The van der Waals surface area contributed by atoms with Crippen LogP contribution in [0.1, 0.15) is 33.4 Å². The van der Waals surface area contributed by atoms with E-state index in [-0.39, 0.29) is 17.4 Å². The second-order valence-electron chi connectivity index (χ2n) is 7.19. The van der Waals surface area contributed by atoms with E-state index < -0.39 is 24.2 Å². The molecule has 1 saturated heterocycles. The van der Waals surface area contributed by atoms with E-state index in [1.165, 1.54) is 17.4 Å². The van der Waals surface area contributed by atoms with E-state index in [4.69, 9.17) is 0 Å². The van der Waals surface area contributed by atoms with E-state index in [2.05, 4.69) is 15.1 Å². The summed E-state index contributed by atoms with van der Waals surface area (Å²) < 4.78 is 38.5. The largest absolute Gasteiger partial charge is 0.405 e. The summed E-state index contributed by atoms with van der Waals surface area (Å²) >= 11 is 1.52. The van der Waals surface area contributed by atoms with Crippen LogP contribution in [0.4, 0.5) is 18.3 Å². The molecule has 2 aliphatic heterocycles. The Morgan fingerprint density at radius 1 is 1.29 bits per heavy atom. The molecule has 150 valence electrons. The van der Waals surface area contributed by atoms with E-state index >= 15 is 0 Å². The third-order valence-corrected chi connectivity index (χ3v) is 5.98. The zero-order chi connectivity index (χ0) is 20.1. The first-order valence-corrected chi connectivity index (χ1v) is 9.66. The number of pyridine rings is 1. The van der Waals surface area contributed by atoms with Crippen LogP contribution in [0.15, 0.2) is 16.9 Å². The highest BCUT2D eigenvalue weighted by Gasteiger charge is 2.36. The van der Waals surface area contributed by atoms with Crippen molar-refractivity contribution in [3.63, 3.8) is 0 Å². The highest BCUT2D eigenvalue weighted by Crippen LogP contribution is 2.37. The molecule has 1 fully saturated rings. The van der Waals surface area contributed by atoms with Crippen LogP contribution >= 0.6 is 11.3 Å². The zero-order valence-electron chi connectivity index (χ0n) is 15.0. The second kappa shape index (κ2) is 6.87. The van der Waals surface area contributed by atoms with Crippen molar-refractivity contribution in [3.05, 3.63) is 38.8 Å². The summed E-state index contributed by atoms with van der Waals surface area (Å²) in [6.07, 6.45) is -3.60. The smallest absolute Gasteiger partial charge is 0.346 e. The van der Waals surface area contributed by atoms with Gasteiger partial charge in [0.25, 0.3) is 11.5 Å². The molecule has 4 heterocycles. The Morgan fingerprint density at radius 2 is 2.07 bits per heavy atom. The van der Waals surface area contributed by atoms with Crippen molar-refractivity contribution in [2.45, 2.75) is 32.0 Å². The van der Waals surface area contributed by atoms with Gasteiger partial charge < -0.3 is 14.8 Å². The molecule has 2 aliphatic rings. The normalized spacial score (nSPS) is 21.4. The molecule has 2 bridgehead atoms. The molecular formula is C17H18F3N5O2S. The molecule has 4 rings (SSSR count). The third kappa shape index (κ3) is 3.62. The number of fused-ring (bicyclic) bond motifs is 4. The number of amides is 1. The number of hydrogen-bond donors (Lipinski definition) is 1. The maximum atomic E-state index is 12.8. The number of nitrogens with one attached hydrogen (secondary N) is 1. The van der Waals surface area contributed by atoms with Gasteiger partial charge in [0.15, 0.2) is 0 Å². The van der Waals surface area contributed by atoms with Gasteiger partial charge in [-0.2, -0.15) is 13.2 Å². The van der Waals surface area contributed by atoms with Crippen molar-refractivity contribution in [2.24, 2.45) is 5.92 Å². The van der Waals surface area contributed by atoms with Gasteiger partial charge >= 0.3 is 6.18 Å². The Balaban J connectivity index is 1.58. The van der Waals surface area contributed by atoms with Gasteiger partial charge in [-0.25, -0.2) is 0 Å². The number of aromatic nitrogens is 3. The number of halogens is 3. The summed E-state index contributed by atoms with van der Waals surface area (Å²) in [4.78, 5) is 27.0. The van der Waals surface area contributed by atoms with Crippen LogP contribution in [-0.4, -0.2) is 46.5 Å². The number of aryl methyl sites for hydroxylation is 1. The Morgan fingerprint density at radius 3 is 2.75 bits per heavy atom. The van der Waals surface area contributed by atoms with Crippen LogP contribution in [0.25, 0.3) is 0 Å². The van der Waals surface area contributed by atoms with Crippen LogP contribution in [-0.2, 0) is 6.54 Å². The number of alkyl halides is 3. The summed E-state index contributed by atoms with van der Waals surface area (Å²) in [5.74, 6) is -0.711. The fourth-order valence-corrected chi connectivity index (χ4v) is 4.67. The van der Waals surface area contributed by atoms with Crippen molar-refractivity contribution in [2.75, 3.05) is 24.5 Å². The predicted octanol–water partition coefficient (Wildman–Crippen LogP) is 1.92. The molecule has 0 saturated carbocycles. The van der Waals surface area contributed by atoms with Crippen molar-refractivity contribution >= 4 is 22.4 Å². The Hall–Kier alpha value is -2.43. The third-order valence-electron chi connectivity index (χ3n) is 5.08. The summed E-state index contributed by atoms with van der Waals surface area (Å²) in [5.41, 5.74) is 0.0104. The summed E-state index contributed by atoms with van der Waals surface area (Å²) in [7, 11) is 0. The molecule has 11 heteroatoms. The van der Waals surface area contributed by atoms with Gasteiger partial charge in [0.05, 0.1) is 0 Å². The van der Waals surface area contributed by atoms with Crippen LogP contribution in [0.3, 0.4) is 0 Å². The van der Waals surface area contributed by atoms with Crippen LogP contribution in [0.5, 0.6) is 0 Å². The maximum Gasteiger partial charge on any atom is 0.405 e. The van der Waals surface area contributed by atoms with Crippen molar-refractivity contribution in [3.8, 4) is 0 Å².